The Hall–Kier alpha value is -0.240. The lowest BCUT2D eigenvalue weighted by Gasteiger charge is -2.37. The molecule has 0 saturated heterocycles. The smallest absolute Gasteiger partial charge is 0.0624 e. The van der Waals surface area contributed by atoms with E-state index in [9.17, 15) is 0 Å². The van der Waals surface area contributed by atoms with E-state index in [0.29, 0.717) is 17.0 Å². The SMILES string of the molecule is CCCNC1CCC(CC)CC1Cc1cccc(Cl)c1Cl. The maximum Gasteiger partial charge on any atom is 0.0624 e. The molecule has 0 bridgehead atoms. The van der Waals surface area contributed by atoms with Crippen molar-refractivity contribution in [3.05, 3.63) is 33.8 Å². The van der Waals surface area contributed by atoms with Crippen molar-refractivity contribution in [3.8, 4) is 0 Å². The van der Waals surface area contributed by atoms with Crippen LogP contribution in [0.3, 0.4) is 0 Å². The van der Waals surface area contributed by atoms with E-state index in [1.807, 2.05) is 12.1 Å². The zero-order chi connectivity index (χ0) is 15.2. The van der Waals surface area contributed by atoms with Crippen LogP contribution in [0.1, 0.15) is 51.5 Å². The van der Waals surface area contributed by atoms with Crippen molar-refractivity contribution < 1.29 is 0 Å². The number of nitrogens with one attached hydrogen (secondary N) is 1. The molecule has 1 fully saturated rings. The third-order valence-corrected chi connectivity index (χ3v) is 5.70. The second-order valence-corrected chi connectivity index (χ2v) is 7.11. The Labute approximate surface area is 139 Å². The second-order valence-electron chi connectivity index (χ2n) is 6.33. The summed E-state index contributed by atoms with van der Waals surface area (Å²) < 4.78 is 0. The minimum atomic E-state index is 0.628. The van der Waals surface area contributed by atoms with Gasteiger partial charge in [-0.3, -0.25) is 0 Å². The standard InChI is InChI=1S/C18H27Cl2N/c1-3-10-21-17-9-8-13(4-2)11-15(17)12-14-6-5-7-16(19)18(14)20/h5-7,13,15,17,21H,3-4,8-12H2,1-2H3. The van der Waals surface area contributed by atoms with E-state index >= 15 is 0 Å². The molecule has 1 aliphatic carbocycles. The number of rotatable bonds is 6. The van der Waals surface area contributed by atoms with E-state index in [4.69, 9.17) is 23.2 Å². The molecule has 0 spiro atoms. The summed E-state index contributed by atoms with van der Waals surface area (Å²) in [5, 5.41) is 5.16. The zero-order valence-electron chi connectivity index (χ0n) is 13.2. The van der Waals surface area contributed by atoms with Crippen LogP contribution < -0.4 is 5.32 Å². The van der Waals surface area contributed by atoms with Gasteiger partial charge in [-0.15, -0.1) is 0 Å². The van der Waals surface area contributed by atoms with E-state index in [-0.39, 0.29) is 0 Å². The van der Waals surface area contributed by atoms with Crippen LogP contribution in [0, 0.1) is 11.8 Å². The Balaban J connectivity index is 2.09. The van der Waals surface area contributed by atoms with Gasteiger partial charge in [-0.2, -0.15) is 0 Å². The molecule has 0 amide bonds. The first-order chi connectivity index (χ1) is 10.2. The average Bonchev–Trinajstić information content (AvgIpc) is 2.50. The van der Waals surface area contributed by atoms with Gasteiger partial charge in [-0.25, -0.2) is 0 Å². The fourth-order valence-electron chi connectivity index (χ4n) is 3.54. The van der Waals surface area contributed by atoms with Gasteiger partial charge in [0, 0.05) is 6.04 Å². The Bertz CT molecular complexity index is 447. The molecule has 21 heavy (non-hydrogen) atoms. The highest BCUT2D eigenvalue weighted by Crippen LogP contribution is 2.36. The van der Waals surface area contributed by atoms with Crippen molar-refractivity contribution in [3.63, 3.8) is 0 Å². The molecule has 3 atom stereocenters. The van der Waals surface area contributed by atoms with E-state index < -0.39 is 0 Å². The van der Waals surface area contributed by atoms with Gasteiger partial charge in [0.15, 0.2) is 0 Å². The Morgan fingerprint density at radius 3 is 2.71 bits per heavy atom. The fourth-order valence-corrected chi connectivity index (χ4v) is 3.94. The molecular formula is C18H27Cl2N. The number of hydrogen-bond acceptors (Lipinski definition) is 1. The first-order valence-corrected chi connectivity index (χ1v) is 9.07. The molecule has 1 N–H and O–H groups in total. The molecule has 0 heterocycles. The van der Waals surface area contributed by atoms with Crippen LogP contribution in [-0.4, -0.2) is 12.6 Å². The van der Waals surface area contributed by atoms with Gasteiger partial charge in [-0.05, 0) is 62.1 Å². The van der Waals surface area contributed by atoms with E-state index in [1.165, 1.54) is 37.7 Å². The average molecular weight is 328 g/mol. The van der Waals surface area contributed by atoms with E-state index in [2.05, 4.69) is 25.2 Å². The summed E-state index contributed by atoms with van der Waals surface area (Å²) in [6.45, 7) is 5.66. The molecule has 1 saturated carbocycles. The molecule has 2 rings (SSSR count). The van der Waals surface area contributed by atoms with Crippen molar-refractivity contribution in [2.24, 2.45) is 11.8 Å². The van der Waals surface area contributed by atoms with E-state index in [1.54, 1.807) is 0 Å². The number of halogens is 2. The monoisotopic (exact) mass is 327 g/mol. The molecule has 0 radical (unpaired) electrons. The van der Waals surface area contributed by atoms with Gasteiger partial charge < -0.3 is 5.32 Å². The molecule has 0 aromatic heterocycles. The lowest BCUT2D eigenvalue weighted by atomic mass is 9.74. The quantitative estimate of drug-likeness (QED) is 0.703. The van der Waals surface area contributed by atoms with Crippen LogP contribution in [0.4, 0.5) is 0 Å². The third kappa shape index (κ3) is 4.61. The predicted molar refractivity (Wildman–Crippen MR) is 93.4 cm³/mol. The van der Waals surface area contributed by atoms with Crippen LogP contribution in [0.2, 0.25) is 10.0 Å². The number of hydrogen-bond donors (Lipinski definition) is 1. The first kappa shape index (κ1) is 17.1. The molecular weight excluding hydrogens is 301 g/mol. The molecule has 1 nitrogen and oxygen atoms in total. The van der Waals surface area contributed by atoms with Gasteiger partial charge in [0.1, 0.15) is 0 Å². The summed E-state index contributed by atoms with van der Waals surface area (Å²) in [5.41, 5.74) is 1.20. The predicted octanol–water partition coefficient (Wildman–Crippen LogP) is 5.73. The summed E-state index contributed by atoms with van der Waals surface area (Å²) in [5.74, 6) is 1.54. The molecule has 118 valence electrons. The highest BCUT2D eigenvalue weighted by Gasteiger charge is 2.29. The Morgan fingerprint density at radius 2 is 2.00 bits per heavy atom. The van der Waals surface area contributed by atoms with Crippen molar-refractivity contribution in [2.45, 2.75) is 58.4 Å². The summed E-state index contributed by atoms with van der Waals surface area (Å²) >= 11 is 12.5. The summed E-state index contributed by atoms with van der Waals surface area (Å²) in [4.78, 5) is 0. The van der Waals surface area contributed by atoms with E-state index in [0.717, 1.165) is 23.9 Å². The van der Waals surface area contributed by atoms with Gasteiger partial charge in [0.05, 0.1) is 10.0 Å². The van der Waals surface area contributed by atoms with Gasteiger partial charge in [0.25, 0.3) is 0 Å². The van der Waals surface area contributed by atoms with Crippen molar-refractivity contribution in [1.82, 2.24) is 5.32 Å². The molecule has 1 aromatic carbocycles. The zero-order valence-corrected chi connectivity index (χ0v) is 14.7. The fraction of sp³-hybridized carbons (Fsp3) is 0.667. The normalized spacial score (nSPS) is 26.0. The minimum Gasteiger partial charge on any atom is -0.314 e. The highest BCUT2D eigenvalue weighted by molar-refractivity contribution is 6.42. The van der Waals surface area contributed by atoms with Crippen molar-refractivity contribution in [2.75, 3.05) is 6.54 Å². The molecule has 1 aromatic rings. The summed E-state index contributed by atoms with van der Waals surface area (Å²) in [6.07, 6.45) is 7.48. The van der Waals surface area contributed by atoms with Crippen molar-refractivity contribution in [1.29, 1.82) is 0 Å². The molecule has 3 unspecified atom stereocenters. The first-order valence-electron chi connectivity index (χ1n) is 8.31. The van der Waals surface area contributed by atoms with Gasteiger partial charge in [-0.1, -0.05) is 55.6 Å². The molecule has 3 heteroatoms. The number of benzene rings is 1. The Morgan fingerprint density at radius 1 is 1.19 bits per heavy atom. The molecule has 1 aliphatic rings. The summed E-state index contributed by atoms with van der Waals surface area (Å²) in [7, 11) is 0. The minimum absolute atomic E-state index is 0.628. The van der Waals surface area contributed by atoms with Crippen molar-refractivity contribution >= 4 is 23.2 Å². The summed E-state index contributed by atoms with van der Waals surface area (Å²) in [6, 6.07) is 6.64. The van der Waals surface area contributed by atoms with Crippen LogP contribution in [0.25, 0.3) is 0 Å². The van der Waals surface area contributed by atoms with Crippen LogP contribution in [0.5, 0.6) is 0 Å². The lowest BCUT2D eigenvalue weighted by molar-refractivity contribution is 0.198. The largest absolute Gasteiger partial charge is 0.314 e. The maximum atomic E-state index is 6.38. The lowest BCUT2D eigenvalue weighted by Crippen LogP contribution is -2.42. The topological polar surface area (TPSA) is 12.0 Å². The highest BCUT2D eigenvalue weighted by atomic mass is 35.5. The van der Waals surface area contributed by atoms with Crippen LogP contribution in [-0.2, 0) is 6.42 Å². The maximum absolute atomic E-state index is 6.38. The van der Waals surface area contributed by atoms with Crippen LogP contribution in [0.15, 0.2) is 18.2 Å². The second kappa shape index (κ2) is 8.41. The van der Waals surface area contributed by atoms with Gasteiger partial charge >= 0.3 is 0 Å². The van der Waals surface area contributed by atoms with Crippen LogP contribution >= 0.6 is 23.2 Å². The third-order valence-electron chi connectivity index (χ3n) is 4.84. The Kier molecular flexibility index (Phi) is 6.85. The molecule has 0 aliphatic heterocycles. The van der Waals surface area contributed by atoms with Gasteiger partial charge in [0.2, 0.25) is 0 Å².